The van der Waals surface area contributed by atoms with Gasteiger partial charge in [0.1, 0.15) is 4.88 Å². The van der Waals surface area contributed by atoms with Crippen molar-refractivity contribution in [2.24, 2.45) is 0 Å². The molecule has 0 unspecified atom stereocenters. The molecule has 0 radical (unpaired) electrons. The highest BCUT2D eigenvalue weighted by atomic mass is 35.5. The van der Waals surface area contributed by atoms with Crippen LogP contribution in [0.25, 0.3) is 10.1 Å². The second-order valence-corrected chi connectivity index (χ2v) is 6.66. The fraction of sp³-hybridized carbons (Fsp3) is 0.111. The summed E-state index contributed by atoms with van der Waals surface area (Å²) in [5.74, 6) is -0.949. The number of nitrogens with one attached hydrogen (secondary N) is 1. The van der Waals surface area contributed by atoms with Crippen LogP contribution in [0.2, 0.25) is 5.02 Å². The van der Waals surface area contributed by atoms with E-state index < -0.39 is 18.0 Å². The Hall–Kier alpha value is -2.37. The van der Waals surface area contributed by atoms with Crippen molar-refractivity contribution in [3.63, 3.8) is 0 Å². The fourth-order valence-corrected chi connectivity index (χ4v) is 3.28. The van der Waals surface area contributed by atoms with E-state index in [0.717, 1.165) is 10.1 Å². The van der Waals surface area contributed by atoms with Crippen molar-refractivity contribution in [3.05, 3.63) is 64.5 Å². The van der Waals surface area contributed by atoms with E-state index in [1.165, 1.54) is 18.3 Å². The SMILES string of the molecule is C[C@@H](OC(=O)c1cc2ccccc2s1)C(=O)Nc1ccccc1Cl. The van der Waals surface area contributed by atoms with Crippen molar-refractivity contribution in [3.8, 4) is 0 Å². The van der Waals surface area contributed by atoms with Crippen LogP contribution in [0.5, 0.6) is 0 Å². The molecule has 0 saturated carbocycles. The van der Waals surface area contributed by atoms with Gasteiger partial charge in [-0.25, -0.2) is 4.79 Å². The molecule has 0 aliphatic heterocycles. The molecule has 1 amide bonds. The third-order valence-electron chi connectivity index (χ3n) is 3.41. The van der Waals surface area contributed by atoms with E-state index in [4.69, 9.17) is 16.3 Å². The molecule has 0 fully saturated rings. The van der Waals surface area contributed by atoms with Crippen LogP contribution in [0.15, 0.2) is 54.6 Å². The zero-order valence-corrected chi connectivity index (χ0v) is 14.4. The van der Waals surface area contributed by atoms with E-state index in [9.17, 15) is 9.59 Å². The van der Waals surface area contributed by atoms with Crippen LogP contribution in [0.4, 0.5) is 5.69 Å². The first kappa shape index (κ1) is 16.5. The number of ether oxygens (including phenoxy) is 1. The Morgan fingerprint density at radius 2 is 1.83 bits per heavy atom. The smallest absolute Gasteiger partial charge is 0.349 e. The van der Waals surface area contributed by atoms with E-state index in [1.807, 2.05) is 24.3 Å². The Bertz CT molecular complexity index is 873. The van der Waals surface area contributed by atoms with Crippen LogP contribution < -0.4 is 5.32 Å². The first-order valence-corrected chi connectivity index (χ1v) is 8.49. The molecule has 0 saturated heterocycles. The minimum Gasteiger partial charge on any atom is -0.448 e. The Balaban J connectivity index is 1.67. The number of halogens is 1. The van der Waals surface area contributed by atoms with Crippen molar-refractivity contribution in [1.82, 2.24) is 0 Å². The van der Waals surface area contributed by atoms with Gasteiger partial charge in [0.25, 0.3) is 5.91 Å². The molecule has 2 aromatic carbocycles. The predicted octanol–water partition coefficient (Wildman–Crippen LogP) is 4.74. The van der Waals surface area contributed by atoms with E-state index in [0.29, 0.717) is 15.6 Å². The zero-order chi connectivity index (χ0) is 17.1. The third-order valence-corrected chi connectivity index (χ3v) is 4.84. The topological polar surface area (TPSA) is 55.4 Å². The molecular weight excluding hydrogens is 346 g/mol. The lowest BCUT2D eigenvalue weighted by Crippen LogP contribution is -2.29. The summed E-state index contributed by atoms with van der Waals surface area (Å²) in [5, 5.41) is 4.05. The summed E-state index contributed by atoms with van der Waals surface area (Å²) >= 11 is 7.34. The number of benzene rings is 2. The van der Waals surface area contributed by atoms with Crippen molar-refractivity contribution < 1.29 is 14.3 Å². The number of rotatable bonds is 4. The first-order chi connectivity index (χ1) is 11.5. The standard InChI is InChI=1S/C18H14ClNO3S/c1-11(17(21)20-14-8-4-3-7-13(14)19)23-18(22)16-10-12-6-2-5-9-15(12)24-16/h2-11H,1H3,(H,20,21)/t11-/m1/s1. The number of carbonyl (C=O) groups excluding carboxylic acids is 2. The van der Waals surface area contributed by atoms with Gasteiger partial charge >= 0.3 is 5.97 Å². The molecule has 0 aliphatic carbocycles. The molecule has 0 aliphatic rings. The van der Waals surface area contributed by atoms with Gasteiger partial charge in [-0.05, 0) is 36.6 Å². The average Bonchev–Trinajstić information content (AvgIpc) is 3.01. The van der Waals surface area contributed by atoms with Gasteiger partial charge in [0.2, 0.25) is 0 Å². The Labute approximate surface area is 148 Å². The van der Waals surface area contributed by atoms with Crippen LogP contribution in [0.1, 0.15) is 16.6 Å². The molecular formula is C18H14ClNO3S. The molecule has 1 atom stereocenters. The van der Waals surface area contributed by atoms with Gasteiger partial charge in [0, 0.05) is 4.70 Å². The van der Waals surface area contributed by atoms with Gasteiger partial charge in [-0.15, -0.1) is 11.3 Å². The lowest BCUT2D eigenvalue weighted by molar-refractivity contribution is -0.123. The molecule has 3 rings (SSSR count). The second-order valence-electron chi connectivity index (χ2n) is 5.17. The average molecular weight is 360 g/mol. The van der Waals surface area contributed by atoms with Gasteiger partial charge < -0.3 is 10.1 Å². The lowest BCUT2D eigenvalue weighted by Gasteiger charge is -2.13. The number of thiophene rings is 1. The summed E-state index contributed by atoms with van der Waals surface area (Å²) < 4.78 is 6.25. The van der Waals surface area contributed by atoms with Crippen LogP contribution >= 0.6 is 22.9 Å². The minimum atomic E-state index is -0.931. The number of hydrogen-bond acceptors (Lipinski definition) is 4. The number of anilines is 1. The Morgan fingerprint density at radius 3 is 2.58 bits per heavy atom. The van der Waals surface area contributed by atoms with Crippen LogP contribution in [-0.2, 0) is 9.53 Å². The molecule has 0 bridgehead atoms. The molecule has 3 aromatic rings. The zero-order valence-electron chi connectivity index (χ0n) is 12.8. The molecule has 24 heavy (non-hydrogen) atoms. The van der Waals surface area contributed by atoms with Gasteiger partial charge in [-0.1, -0.05) is 41.9 Å². The van der Waals surface area contributed by atoms with Crippen LogP contribution in [0.3, 0.4) is 0 Å². The summed E-state index contributed by atoms with van der Waals surface area (Å²) in [4.78, 5) is 24.9. The normalized spacial score (nSPS) is 11.9. The molecule has 1 N–H and O–H groups in total. The summed E-state index contributed by atoms with van der Waals surface area (Å²) in [5.41, 5.74) is 0.480. The molecule has 1 heterocycles. The number of esters is 1. The van der Waals surface area contributed by atoms with E-state index >= 15 is 0 Å². The highest BCUT2D eigenvalue weighted by molar-refractivity contribution is 7.20. The third kappa shape index (κ3) is 3.58. The van der Waals surface area contributed by atoms with Gasteiger partial charge in [0.15, 0.2) is 6.10 Å². The fourth-order valence-electron chi connectivity index (χ4n) is 2.15. The van der Waals surface area contributed by atoms with Crippen LogP contribution in [-0.4, -0.2) is 18.0 Å². The highest BCUT2D eigenvalue weighted by Gasteiger charge is 2.21. The highest BCUT2D eigenvalue weighted by Crippen LogP contribution is 2.26. The number of para-hydroxylation sites is 1. The summed E-state index contributed by atoms with van der Waals surface area (Å²) in [7, 11) is 0. The predicted molar refractivity (Wildman–Crippen MR) is 96.8 cm³/mol. The maximum absolute atomic E-state index is 12.2. The van der Waals surface area contributed by atoms with E-state index in [2.05, 4.69) is 5.32 Å². The molecule has 4 nitrogen and oxygen atoms in total. The Morgan fingerprint density at radius 1 is 1.12 bits per heavy atom. The number of fused-ring (bicyclic) bond motifs is 1. The monoisotopic (exact) mass is 359 g/mol. The van der Waals surface area contributed by atoms with E-state index in [1.54, 1.807) is 30.3 Å². The maximum Gasteiger partial charge on any atom is 0.349 e. The van der Waals surface area contributed by atoms with E-state index in [-0.39, 0.29) is 0 Å². The summed E-state index contributed by atoms with van der Waals surface area (Å²) in [6, 6.07) is 16.3. The van der Waals surface area contributed by atoms with Crippen molar-refractivity contribution in [1.29, 1.82) is 0 Å². The maximum atomic E-state index is 12.2. The van der Waals surface area contributed by atoms with Gasteiger partial charge in [-0.2, -0.15) is 0 Å². The molecule has 122 valence electrons. The van der Waals surface area contributed by atoms with Gasteiger partial charge in [0.05, 0.1) is 10.7 Å². The molecule has 1 aromatic heterocycles. The largest absolute Gasteiger partial charge is 0.448 e. The van der Waals surface area contributed by atoms with Crippen LogP contribution in [0, 0.1) is 0 Å². The number of amides is 1. The second kappa shape index (κ2) is 7.03. The minimum absolute atomic E-state index is 0.425. The summed E-state index contributed by atoms with van der Waals surface area (Å²) in [6.45, 7) is 1.53. The van der Waals surface area contributed by atoms with Crippen molar-refractivity contribution in [2.45, 2.75) is 13.0 Å². The number of carbonyl (C=O) groups is 2. The van der Waals surface area contributed by atoms with Crippen molar-refractivity contribution >= 4 is 50.6 Å². The quantitative estimate of drug-likeness (QED) is 0.684. The van der Waals surface area contributed by atoms with Crippen molar-refractivity contribution in [2.75, 3.05) is 5.32 Å². The number of hydrogen-bond donors (Lipinski definition) is 1. The van der Waals surface area contributed by atoms with Gasteiger partial charge in [-0.3, -0.25) is 4.79 Å². The Kier molecular flexibility index (Phi) is 4.83. The summed E-state index contributed by atoms with van der Waals surface area (Å²) in [6.07, 6.45) is -0.931. The lowest BCUT2D eigenvalue weighted by atomic mass is 10.2. The molecule has 6 heteroatoms. The molecule has 0 spiro atoms. The first-order valence-electron chi connectivity index (χ1n) is 7.29.